The van der Waals surface area contributed by atoms with Crippen LogP contribution in [0.25, 0.3) is 0 Å². The molecule has 0 saturated heterocycles. The van der Waals surface area contributed by atoms with Gasteiger partial charge in [-0.1, -0.05) is 0 Å². The summed E-state index contributed by atoms with van der Waals surface area (Å²) >= 11 is 0. The number of nitrogens with one attached hydrogen (secondary N) is 1. The molecule has 1 unspecified atom stereocenters. The third-order valence-corrected chi connectivity index (χ3v) is 1.78. The highest BCUT2D eigenvalue weighted by Gasteiger charge is 2.20. The van der Waals surface area contributed by atoms with Crippen LogP contribution in [0.4, 0.5) is 0 Å². The van der Waals surface area contributed by atoms with Crippen molar-refractivity contribution in [2.75, 3.05) is 14.2 Å². The van der Waals surface area contributed by atoms with Gasteiger partial charge in [0.1, 0.15) is 6.04 Å². The number of halogens is 1. The van der Waals surface area contributed by atoms with Crippen molar-refractivity contribution in [1.29, 1.82) is 0 Å². The topological polar surface area (TPSA) is 56.1 Å². The Kier molecular flexibility index (Phi) is 5.19. The summed E-state index contributed by atoms with van der Waals surface area (Å²) in [7, 11) is 4.87. The zero-order valence-electron chi connectivity index (χ0n) is 8.35. The molecule has 0 aliphatic heterocycles. The lowest BCUT2D eigenvalue weighted by Crippen LogP contribution is -2.26. The smallest absolute Gasteiger partial charge is 0.327 e. The lowest BCUT2D eigenvalue weighted by Gasteiger charge is -2.10. The number of esters is 1. The number of ether oxygens (including phenoxy) is 1. The molecule has 0 fully saturated rings. The van der Waals surface area contributed by atoms with Crippen molar-refractivity contribution >= 4 is 18.4 Å². The van der Waals surface area contributed by atoms with E-state index in [4.69, 9.17) is 0 Å². The molecule has 0 amide bonds. The molecule has 0 saturated carbocycles. The van der Waals surface area contributed by atoms with Crippen LogP contribution in [0.5, 0.6) is 0 Å². The van der Waals surface area contributed by atoms with Crippen molar-refractivity contribution < 1.29 is 9.53 Å². The second kappa shape index (κ2) is 5.62. The molecule has 0 radical (unpaired) electrons. The van der Waals surface area contributed by atoms with Crippen LogP contribution in [0.2, 0.25) is 0 Å². The van der Waals surface area contributed by atoms with Gasteiger partial charge < -0.3 is 10.1 Å². The van der Waals surface area contributed by atoms with Crippen molar-refractivity contribution in [3.05, 3.63) is 18.0 Å². The zero-order valence-corrected chi connectivity index (χ0v) is 9.17. The molecule has 0 aromatic carbocycles. The Bertz CT molecular complexity index is 301. The number of carbonyl (C=O) groups excluding carboxylic acids is 1. The average molecular weight is 220 g/mol. The molecule has 0 aliphatic rings. The van der Waals surface area contributed by atoms with Crippen LogP contribution in [-0.2, 0) is 16.6 Å². The fraction of sp³-hybridized carbons (Fsp3) is 0.500. The number of nitrogens with zero attached hydrogens (tertiary/aromatic N) is 2. The molecule has 1 heterocycles. The number of likely N-dealkylation sites (N-methyl/N-ethyl adjacent to an activating group) is 1. The summed E-state index contributed by atoms with van der Waals surface area (Å²) in [5.41, 5.74) is 0.803. The maximum absolute atomic E-state index is 11.2. The normalized spacial score (nSPS) is 11.6. The van der Waals surface area contributed by atoms with Gasteiger partial charge in [0.05, 0.1) is 13.3 Å². The van der Waals surface area contributed by atoms with Crippen LogP contribution in [0.15, 0.2) is 12.4 Å². The van der Waals surface area contributed by atoms with E-state index in [9.17, 15) is 4.79 Å². The summed E-state index contributed by atoms with van der Waals surface area (Å²) in [6.07, 6.45) is 3.41. The van der Waals surface area contributed by atoms with E-state index < -0.39 is 6.04 Å². The number of carbonyl (C=O) groups is 1. The molecular formula is C8H14ClN3O2. The number of rotatable bonds is 3. The fourth-order valence-electron chi connectivity index (χ4n) is 1.13. The van der Waals surface area contributed by atoms with Crippen LogP contribution in [0.1, 0.15) is 11.6 Å². The first-order chi connectivity index (χ1) is 6.19. The largest absolute Gasteiger partial charge is 0.468 e. The Labute approximate surface area is 88.8 Å². The molecule has 0 spiro atoms. The lowest BCUT2D eigenvalue weighted by molar-refractivity contribution is -0.143. The minimum Gasteiger partial charge on any atom is -0.468 e. The number of aryl methyl sites for hydroxylation is 1. The molecule has 0 bridgehead atoms. The number of hydrogen-bond acceptors (Lipinski definition) is 4. The SMILES string of the molecule is CNC(C(=O)OC)c1cnn(C)c1.Cl. The Balaban J connectivity index is 0.00000169. The van der Waals surface area contributed by atoms with Crippen molar-refractivity contribution in [2.24, 2.45) is 7.05 Å². The third kappa shape index (κ3) is 2.71. The molecule has 1 aromatic rings. The van der Waals surface area contributed by atoms with Gasteiger partial charge in [0.25, 0.3) is 0 Å². The number of hydrogen-bond donors (Lipinski definition) is 1. The lowest BCUT2D eigenvalue weighted by atomic mass is 10.2. The van der Waals surface area contributed by atoms with E-state index in [1.165, 1.54) is 7.11 Å². The van der Waals surface area contributed by atoms with Gasteiger partial charge in [-0.05, 0) is 7.05 Å². The Hall–Kier alpha value is -1.07. The molecule has 1 atom stereocenters. The summed E-state index contributed by atoms with van der Waals surface area (Å²) in [5.74, 6) is -0.310. The van der Waals surface area contributed by atoms with Crippen molar-refractivity contribution in [1.82, 2.24) is 15.1 Å². The zero-order chi connectivity index (χ0) is 9.84. The first-order valence-corrected chi connectivity index (χ1v) is 3.92. The molecule has 1 N–H and O–H groups in total. The Morgan fingerprint density at radius 3 is 2.71 bits per heavy atom. The van der Waals surface area contributed by atoms with Gasteiger partial charge >= 0.3 is 5.97 Å². The van der Waals surface area contributed by atoms with Gasteiger partial charge in [-0.25, -0.2) is 4.79 Å². The van der Waals surface area contributed by atoms with E-state index in [1.807, 2.05) is 0 Å². The van der Waals surface area contributed by atoms with Gasteiger partial charge in [0.2, 0.25) is 0 Å². The van der Waals surface area contributed by atoms with Gasteiger partial charge in [-0.3, -0.25) is 4.68 Å². The minimum atomic E-state index is -0.432. The van der Waals surface area contributed by atoms with Gasteiger partial charge in [0.15, 0.2) is 0 Å². The number of methoxy groups -OCH3 is 1. The summed E-state index contributed by atoms with van der Waals surface area (Å²) in [6, 6.07) is -0.432. The van der Waals surface area contributed by atoms with Crippen LogP contribution >= 0.6 is 12.4 Å². The van der Waals surface area contributed by atoms with E-state index in [0.717, 1.165) is 5.56 Å². The number of aromatic nitrogens is 2. The molecule has 6 heteroatoms. The van der Waals surface area contributed by atoms with Crippen molar-refractivity contribution in [3.8, 4) is 0 Å². The average Bonchev–Trinajstić information content (AvgIpc) is 2.53. The summed E-state index contributed by atoms with van der Waals surface area (Å²) in [4.78, 5) is 11.2. The van der Waals surface area contributed by atoms with Crippen LogP contribution in [0.3, 0.4) is 0 Å². The predicted octanol–water partition coefficient (Wildman–Crippen LogP) is 0.275. The van der Waals surface area contributed by atoms with Crippen molar-refractivity contribution in [3.63, 3.8) is 0 Å². The van der Waals surface area contributed by atoms with E-state index in [-0.39, 0.29) is 18.4 Å². The molecular weight excluding hydrogens is 206 g/mol. The van der Waals surface area contributed by atoms with E-state index in [0.29, 0.717) is 0 Å². The summed E-state index contributed by atoms with van der Waals surface area (Å²) in [6.45, 7) is 0. The fourth-order valence-corrected chi connectivity index (χ4v) is 1.13. The molecule has 1 rings (SSSR count). The van der Waals surface area contributed by atoms with E-state index in [2.05, 4.69) is 15.2 Å². The monoisotopic (exact) mass is 219 g/mol. The standard InChI is InChI=1S/C8H13N3O2.ClH/c1-9-7(8(12)13-3)6-4-10-11(2)5-6;/h4-5,7,9H,1-3H3;1H. The third-order valence-electron chi connectivity index (χ3n) is 1.78. The summed E-state index contributed by atoms with van der Waals surface area (Å²) < 4.78 is 6.27. The van der Waals surface area contributed by atoms with Gasteiger partial charge in [-0.2, -0.15) is 5.10 Å². The Morgan fingerprint density at radius 2 is 2.36 bits per heavy atom. The van der Waals surface area contributed by atoms with E-state index >= 15 is 0 Å². The van der Waals surface area contributed by atoms with Crippen LogP contribution < -0.4 is 5.32 Å². The second-order valence-corrected chi connectivity index (χ2v) is 2.69. The molecule has 5 nitrogen and oxygen atoms in total. The molecule has 1 aromatic heterocycles. The minimum absolute atomic E-state index is 0. The molecule has 80 valence electrons. The highest BCUT2D eigenvalue weighted by atomic mass is 35.5. The predicted molar refractivity (Wildman–Crippen MR) is 54.3 cm³/mol. The van der Waals surface area contributed by atoms with E-state index in [1.54, 1.807) is 31.2 Å². The van der Waals surface area contributed by atoms with Crippen LogP contribution in [-0.4, -0.2) is 29.9 Å². The highest BCUT2D eigenvalue weighted by molar-refractivity contribution is 5.85. The summed E-state index contributed by atoms with van der Waals surface area (Å²) in [5, 5.41) is 6.83. The van der Waals surface area contributed by atoms with Gasteiger partial charge in [-0.15, -0.1) is 12.4 Å². The van der Waals surface area contributed by atoms with Crippen LogP contribution in [0, 0.1) is 0 Å². The van der Waals surface area contributed by atoms with Crippen molar-refractivity contribution in [2.45, 2.75) is 6.04 Å². The molecule has 14 heavy (non-hydrogen) atoms. The highest BCUT2D eigenvalue weighted by Crippen LogP contribution is 2.11. The Morgan fingerprint density at radius 1 is 1.71 bits per heavy atom. The maximum Gasteiger partial charge on any atom is 0.327 e. The quantitative estimate of drug-likeness (QED) is 0.742. The first-order valence-electron chi connectivity index (χ1n) is 3.92. The second-order valence-electron chi connectivity index (χ2n) is 2.69. The molecule has 0 aliphatic carbocycles. The first kappa shape index (κ1) is 12.9. The van der Waals surface area contributed by atoms with Gasteiger partial charge in [0, 0.05) is 18.8 Å². The maximum atomic E-state index is 11.2.